The van der Waals surface area contributed by atoms with Crippen molar-refractivity contribution in [3.63, 3.8) is 0 Å². The summed E-state index contributed by atoms with van der Waals surface area (Å²) in [6.45, 7) is 5.50. The Labute approximate surface area is 170 Å². The zero-order valence-electron chi connectivity index (χ0n) is 16.9. The number of benzene rings is 1. The van der Waals surface area contributed by atoms with Crippen molar-refractivity contribution in [1.29, 1.82) is 0 Å². The number of carbonyl (C=O) groups excluding carboxylic acids is 2. The molecule has 0 radical (unpaired) electrons. The van der Waals surface area contributed by atoms with Gasteiger partial charge in [0.15, 0.2) is 0 Å². The largest absolute Gasteiger partial charge is 0.472 e. The summed E-state index contributed by atoms with van der Waals surface area (Å²) in [5.74, 6) is 0.947. The molecule has 3 heterocycles. The lowest BCUT2D eigenvalue weighted by atomic mass is 10.0. The smallest absolute Gasteiger partial charge is 0.228 e. The lowest BCUT2D eigenvalue weighted by molar-refractivity contribution is -0.138. The Hall–Kier alpha value is -2.96. The molecule has 0 spiro atoms. The molecule has 2 fully saturated rings. The highest BCUT2D eigenvalue weighted by Crippen LogP contribution is 2.28. The van der Waals surface area contributed by atoms with E-state index < -0.39 is 0 Å². The van der Waals surface area contributed by atoms with E-state index in [1.165, 1.54) is 0 Å². The highest BCUT2D eigenvalue weighted by Gasteiger charge is 2.38. The van der Waals surface area contributed by atoms with Gasteiger partial charge in [-0.3, -0.25) is 9.59 Å². The number of piperidine rings is 1. The third-order valence-electron chi connectivity index (χ3n) is 5.55. The number of amides is 2. The van der Waals surface area contributed by atoms with Crippen molar-refractivity contribution < 1.29 is 14.3 Å². The molecule has 152 valence electrons. The Morgan fingerprint density at radius 1 is 1.14 bits per heavy atom. The van der Waals surface area contributed by atoms with Crippen LogP contribution >= 0.6 is 0 Å². The number of ether oxygens (including phenoxy) is 1. The van der Waals surface area contributed by atoms with Gasteiger partial charge < -0.3 is 14.5 Å². The lowest BCUT2D eigenvalue weighted by Gasteiger charge is -2.34. The molecule has 2 aliphatic heterocycles. The second-order valence-electron chi connectivity index (χ2n) is 7.85. The molecular formula is C22H26N4O3. The topological polar surface area (TPSA) is 75.6 Å². The molecule has 2 unspecified atom stereocenters. The second-order valence-corrected chi connectivity index (χ2v) is 7.85. The summed E-state index contributed by atoms with van der Waals surface area (Å²) in [6.07, 6.45) is 3.61. The molecule has 7 nitrogen and oxygen atoms in total. The molecule has 1 aromatic heterocycles. The average molecular weight is 394 g/mol. The van der Waals surface area contributed by atoms with Crippen LogP contribution in [0.3, 0.4) is 0 Å². The Morgan fingerprint density at radius 3 is 2.69 bits per heavy atom. The van der Waals surface area contributed by atoms with Gasteiger partial charge in [-0.15, -0.1) is 0 Å². The first-order chi connectivity index (χ1) is 14.0. The van der Waals surface area contributed by atoms with Gasteiger partial charge in [0.05, 0.1) is 12.5 Å². The van der Waals surface area contributed by atoms with Crippen LogP contribution in [0.2, 0.25) is 0 Å². The molecule has 2 aromatic rings. The SMILES string of the molecule is Cc1ccc(N2CC(C(=O)N3CCCC(Oc4ccnc(C)n4)C3)CC2=O)cc1. The van der Waals surface area contributed by atoms with Gasteiger partial charge in [0.1, 0.15) is 11.9 Å². The zero-order chi connectivity index (χ0) is 20.4. The van der Waals surface area contributed by atoms with Gasteiger partial charge in [-0.1, -0.05) is 17.7 Å². The summed E-state index contributed by atoms with van der Waals surface area (Å²) in [6, 6.07) is 9.59. The van der Waals surface area contributed by atoms with Crippen LogP contribution in [0.25, 0.3) is 0 Å². The molecule has 4 rings (SSSR count). The van der Waals surface area contributed by atoms with Gasteiger partial charge >= 0.3 is 0 Å². The first-order valence-corrected chi connectivity index (χ1v) is 10.1. The zero-order valence-corrected chi connectivity index (χ0v) is 16.9. The number of carbonyl (C=O) groups is 2. The van der Waals surface area contributed by atoms with E-state index in [0.29, 0.717) is 31.3 Å². The molecular weight excluding hydrogens is 368 g/mol. The van der Waals surface area contributed by atoms with Gasteiger partial charge in [0.2, 0.25) is 17.7 Å². The lowest BCUT2D eigenvalue weighted by Crippen LogP contribution is -2.47. The van der Waals surface area contributed by atoms with Gasteiger partial charge in [0, 0.05) is 37.5 Å². The van der Waals surface area contributed by atoms with Gasteiger partial charge in [0.25, 0.3) is 0 Å². The van der Waals surface area contributed by atoms with Crippen LogP contribution in [0.4, 0.5) is 5.69 Å². The molecule has 1 aromatic carbocycles. The number of nitrogens with zero attached hydrogens (tertiary/aromatic N) is 4. The number of rotatable bonds is 4. The van der Waals surface area contributed by atoms with E-state index in [1.54, 1.807) is 17.2 Å². The number of aromatic nitrogens is 2. The van der Waals surface area contributed by atoms with Crippen molar-refractivity contribution in [1.82, 2.24) is 14.9 Å². The molecule has 2 amide bonds. The minimum atomic E-state index is -0.302. The molecule has 7 heteroatoms. The number of hydrogen-bond donors (Lipinski definition) is 0. The number of likely N-dealkylation sites (tertiary alicyclic amines) is 1. The molecule has 0 saturated carbocycles. The standard InChI is InChI=1S/C22H26N4O3/c1-15-5-7-18(8-6-15)26-13-17(12-21(26)27)22(28)25-11-3-4-19(14-25)29-20-9-10-23-16(2)24-20/h5-10,17,19H,3-4,11-14H2,1-2H3. The average Bonchev–Trinajstić information content (AvgIpc) is 3.10. The van der Waals surface area contributed by atoms with E-state index in [9.17, 15) is 9.59 Å². The van der Waals surface area contributed by atoms with Crippen molar-refractivity contribution in [3.8, 4) is 5.88 Å². The fourth-order valence-electron chi connectivity index (χ4n) is 4.01. The van der Waals surface area contributed by atoms with E-state index in [4.69, 9.17) is 4.74 Å². The normalized spacial score (nSPS) is 22.1. The molecule has 2 saturated heterocycles. The number of aryl methyl sites for hydroxylation is 2. The quantitative estimate of drug-likeness (QED) is 0.797. The third-order valence-corrected chi connectivity index (χ3v) is 5.55. The van der Waals surface area contributed by atoms with Crippen molar-refractivity contribution in [2.24, 2.45) is 5.92 Å². The van der Waals surface area contributed by atoms with Crippen molar-refractivity contribution in [2.75, 3.05) is 24.5 Å². The van der Waals surface area contributed by atoms with Gasteiger partial charge in [-0.2, -0.15) is 4.98 Å². The van der Waals surface area contributed by atoms with Crippen molar-refractivity contribution in [3.05, 3.63) is 47.9 Å². The fourth-order valence-corrected chi connectivity index (χ4v) is 4.01. The van der Waals surface area contributed by atoms with Crippen LogP contribution in [0, 0.1) is 19.8 Å². The maximum absolute atomic E-state index is 13.1. The first-order valence-electron chi connectivity index (χ1n) is 10.1. The first kappa shape index (κ1) is 19.4. The van der Waals surface area contributed by atoms with Crippen LogP contribution in [0.1, 0.15) is 30.7 Å². The Kier molecular flexibility index (Phi) is 5.47. The van der Waals surface area contributed by atoms with E-state index in [-0.39, 0.29) is 30.3 Å². The predicted octanol–water partition coefficient (Wildman–Crippen LogP) is 2.52. The Morgan fingerprint density at radius 2 is 1.93 bits per heavy atom. The minimum Gasteiger partial charge on any atom is -0.472 e. The van der Waals surface area contributed by atoms with Gasteiger partial charge in [-0.25, -0.2) is 4.98 Å². The summed E-state index contributed by atoms with van der Waals surface area (Å²) in [5.41, 5.74) is 2.00. The van der Waals surface area contributed by atoms with E-state index in [2.05, 4.69) is 9.97 Å². The van der Waals surface area contributed by atoms with Crippen molar-refractivity contribution in [2.45, 2.75) is 39.2 Å². The van der Waals surface area contributed by atoms with Crippen LogP contribution in [-0.4, -0.2) is 52.4 Å². The van der Waals surface area contributed by atoms with Crippen LogP contribution < -0.4 is 9.64 Å². The van der Waals surface area contributed by atoms with Crippen LogP contribution in [-0.2, 0) is 9.59 Å². The Balaban J connectivity index is 1.38. The fraction of sp³-hybridized carbons (Fsp3) is 0.455. The molecule has 0 aliphatic carbocycles. The molecule has 0 N–H and O–H groups in total. The number of anilines is 1. The highest BCUT2D eigenvalue weighted by molar-refractivity contribution is 6.00. The highest BCUT2D eigenvalue weighted by atomic mass is 16.5. The maximum Gasteiger partial charge on any atom is 0.228 e. The third kappa shape index (κ3) is 4.39. The molecule has 2 atom stereocenters. The van der Waals surface area contributed by atoms with E-state index in [0.717, 1.165) is 24.1 Å². The van der Waals surface area contributed by atoms with E-state index in [1.807, 2.05) is 43.0 Å². The summed E-state index contributed by atoms with van der Waals surface area (Å²) in [4.78, 5) is 37.5. The summed E-state index contributed by atoms with van der Waals surface area (Å²) in [7, 11) is 0. The monoisotopic (exact) mass is 394 g/mol. The molecule has 0 bridgehead atoms. The molecule has 29 heavy (non-hydrogen) atoms. The maximum atomic E-state index is 13.1. The number of hydrogen-bond acceptors (Lipinski definition) is 5. The van der Waals surface area contributed by atoms with E-state index >= 15 is 0 Å². The second kappa shape index (κ2) is 8.19. The van der Waals surface area contributed by atoms with Crippen LogP contribution in [0.15, 0.2) is 36.5 Å². The van der Waals surface area contributed by atoms with Gasteiger partial charge in [-0.05, 0) is 38.8 Å². The summed E-state index contributed by atoms with van der Waals surface area (Å²) >= 11 is 0. The Bertz CT molecular complexity index is 899. The summed E-state index contributed by atoms with van der Waals surface area (Å²) < 4.78 is 5.98. The molecule has 2 aliphatic rings. The predicted molar refractivity (Wildman–Crippen MR) is 109 cm³/mol. The van der Waals surface area contributed by atoms with Crippen molar-refractivity contribution >= 4 is 17.5 Å². The van der Waals surface area contributed by atoms with Crippen LogP contribution in [0.5, 0.6) is 5.88 Å². The minimum absolute atomic E-state index is 0.00785. The summed E-state index contributed by atoms with van der Waals surface area (Å²) in [5, 5.41) is 0.